The molecule has 0 spiro atoms. The van der Waals surface area contributed by atoms with Crippen LogP contribution in [0, 0.1) is 23.6 Å². The minimum atomic E-state index is 0.0404. The molecule has 2 aromatic rings. The molecule has 32 heavy (non-hydrogen) atoms. The van der Waals surface area contributed by atoms with Crippen LogP contribution in [0.2, 0.25) is 0 Å². The Morgan fingerprint density at radius 3 is 2.16 bits per heavy atom. The summed E-state index contributed by atoms with van der Waals surface area (Å²) >= 11 is 0. The maximum absolute atomic E-state index is 15.4. The number of hydrogen-bond donors (Lipinski definition) is 0. The Bertz CT molecular complexity index is 879. The minimum Gasteiger partial charge on any atom is -0.206 e. The SMILES string of the molecule is C/C=C/CCc1ccc2c(F)c(C3CCC(CCC4CCC(CC)CC4)CC3)ccc2c1. The number of allylic oxidation sites excluding steroid dienone is 2. The lowest BCUT2D eigenvalue weighted by atomic mass is 9.74. The number of hydrogen-bond acceptors (Lipinski definition) is 0. The molecule has 0 atom stereocenters. The fraction of sp³-hybridized carbons (Fsp3) is 0.613. The van der Waals surface area contributed by atoms with Crippen LogP contribution in [0.4, 0.5) is 4.39 Å². The molecule has 0 N–H and O–H groups in total. The quantitative estimate of drug-likeness (QED) is 0.363. The van der Waals surface area contributed by atoms with E-state index in [-0.39, 0.29) is 5.82 Å². The maximum Gasteiger partial charge on any atom is 0.134 e. The van der Waals surface area contributed by atoms with Crippen LogP contribution in [0.3, 0.4) is 0 Å². The van der Waals surface area contributed by atoms with Crippen LogP contribution in [0.25, 0.3) is 10.8 Å². The molecule has 0 amide bonds. The highest BCUT2D eigenvalue weighted by molar-refractivity contribution is 5.84. The molecule has 2 fully saturated rings. The van der Waals surface area contributed by atoms with E-state index in [1.165, 1.54) is 63.4 Å². The standard InChI is InChI=1S/C31H43F/c1-3-5-6-7-26-16-20-30-28(22-26)19-21-29(31(30)32)27-17-14-25(15-18-27)13-12-24-10-8-23(4-2)9-11-24/h3,5,16,19-25,27H,4,6-15,17-18H2,1-2H3/b5-3+. The van der Waals surface area contributed by atoms with Crippen molar-refractivity contribution in [2.75, 3.05) is 0 Å². The summed E-state index contributed by atoms with van der Waals surface area (Å²) in [6, 6.07) is 10.6. The first-order chi connectivity index (χ1) is 15.7. The van der Waals surface area contributed by atoms with Crippen molar-refractivity contribution >= 4 is 10.8 Å². The molecule has 2 saturated carbocycles. The van der Waals surface area contributed by atoms with Gasteiger partial charge in [-0.3, -0.25) is 0 Å². The molecule has 0 unspecified atom stereocenters. The molecule has 0 aliphatic heterocycles. The van der Waals surface area contributed by atoms with Crippen LogP contribution in [0.15, 0.2) is 42.5 Å². The van der Waals surface area contributed by atoms with Gasteiger partial charge in [-0.25, -0.2) is 4.39 Å². The lowest BCUT2D eigenvalue weighted by Gasteiger charge is -2.32. The summed E-state index contributed by atoms with van der Waals surface area (Å²) in [4.78, 5) is 0. The number of aryl methyl sites for hydroxylation is 1. The van der Waals surface area contributed by atoms with E-state index in [0.29, 0.717) is 5.92 Å². The van der Waals surface area contributed by atoms with Gasteiger partial charge >= 0.3 is 0 Å². The minimum absolute atomic E-state index is 0.0404. The third kappa shape index (κ3) is 5.83. The Labute approximate surface area is 195 Å². The molecular weight excluding hydrogens is 391 g/mol. The average molecular weight is 435 g/mol. The molecule has 174 valence electrons. The van der Waals surface area contributed by atoms with Crippen molar-refractivity contribution in [2.45, 2.75) is 103 Å². The van der Waals surface area contributed by atoms with Crippen molar-refractivity contribution in [3.8, 4) is 0 Å². The third-order valence-corrected chi connectivity index (χ3v) is 8.70. The second-order valence-corrected chi connectivity index (χ2v) is 10.7. The van der Waals surface area contributed by atoms with E-state index >= 15 is 4.39 Å². The number of halogens is 1. The number of fused-ring (bicyclic) bond motifs is 1. The Hall–Kier alpha value is -1.63. The van der Waals surface area contributed by atoms with Crippen molar-refractivity contribution in [1.29, 1.82) is 0 Å². The molecule has 0 radical (unpaired) electrons. The van der Waals surface area contributed by atoms with Crippen molar-refractivity contribution in [3.05, 3.63) is 59.4 Å². The molecule has 0 aromatic heterocycles. The molecule has 4 rings (SSSR count). The molecule has 1 heteroatoms. The Kier molecular flexibility index (Phi) is 8.44. The van der Waals surface area contributed by atoms with E-state index in [0.717, 1.165) is 59.8 Å². The van der Waals surface area contributed by atoms with Gasteiger partial charge in [-0.1, -0.05) is 94.4 Å². The van der Waals surface area contributed by atoms with Gasteiger partial charge in [0.2, 0.25) is 0 Å². The zero-order valence-electron chi connectivity index (χ0n) is 20.4. The van der Waals surface area contributed by atoms with E-state index in [4.69, 9.17) is 0 Å². The monoisotopic (exact) mass is 434 g/mol. The predicted molar refractivity (Wildman–Crippen MR) is 137 cm³/mol. The van der Waals surface area contributed by atoms with Gasteiger partial charge in [0.1, 0.15) is 5.82 Å². The highest BCUT2D eigenvalue weighted by atomic mass is 19.1. The second-order valence-electron chi connectivity index (χ2n) is 10.7. The van der Waals surface area contributed by atoms with E-state index in [1.807, 2.05) is 6.07 Å². The first kappa shape index (κ1) is 23.5. The highest BCUT2D eigenvalue weighted by Crippen LogP contribution is 2.41. The van der Waals surface area contributed by atoms with Crippen LogP contribution in [-0.2, 0) is 6.42 Å². The fourth-order valence-electron chi connectivity index (χ4n) is 6.41. The molecule has 2 aliphatic rings. The highest BCUT2D eigenvalue weighted by Gasteiger charge is 2.26. The lowest BCUT2D eigenvalue weighted by molar-refractivity contribution is 0.227. The summed E-state index contributed by atoms with van der Waals surface area (Å²) < 4.78 is 15.4. The molecular formula is C31H43F. The van der Waals surface area contributed by atoms with E-state index in [2.05, 4.69) is 50.3 Å². The first-order valence-corrected chi connectivity index (χ1v) is 13.5. The van der Waals surface area contributed by atoms with Gasteiger partial charge in [-0.05, 0) is 85.6 Å². The molecule has 2 aliphatic carbocycles. The first-order valence-electron chi connectivity index (χ1n) is 13.5. The lowest BCUT2D eigenvalue weighted by Crippen LogP contribution is -2.18. The average Bonchev–Trinajstić information content (AvgIpc) is 2.84. The zero-order valence-corrected chi connectivity index (χ0v) is 20.4. The van der Waals surface area contributed by atoms with E-state index in [1.54, 1.807) is 0 Å². The van der Waals surface area contributed by atoms with Crippen LogP contribution >= 0.6 is 0 Å². The second kappa shape index (κ2) is 11.5. The van der Waals surface area contributed by atoms with Gasteiger partial charge in [-0.2, -0.15) is 0 Å². The molecule has 2 aromatic carbocycles. The van der Waals surface area contributed by atoms with Gasteiger partial charge in [-0.15, -0.1) is 0 Å². The normalized spacial score (nSPS) is 26.7. The Morgan fingerprint density at radius 1 is 0.844 bits per heavy atom. The molecule has 0 bridgehead atoms. The van der Waals surface area contributed by atoms with Crippen LogP contribution in [-0.4, -0.2) is 0 Å². The fourth-order valence-corrected chi connectivity index (χ4v) is 6.41. The number of benzene rings is 2. The predicted octanol–water partition coefficient (Wildman–Crippen LogP) is 9.76. The summed E-state index contributed by atoms with van der Waals surface area (Å²) in [5, 5.41) is 1.86. The van der Waals surface area contributed by atoms with Crippen molar-refractivity contribution < 1.29 is 4.39 Å². The van der Waals surface area contributed by atoms with Crippen molar-refractivity contribution in [1.82, 2.24) is 0 Å². The van der Waals surface area contributed by atoms with E-state index in [9.17, 15) is 0 Å². The van der Waals surface area contributed by atoms with Crippen molar-refractivity contribution in [2.24, 2.45) is 17.8 Å². The zero-order chi connectivity index (χ0) is 22.3. The smallest absolute Gasteiger partial charge is 0.134 e. The van der Waals surface area contributed by atoms with Gasteiger partial charge in [0.05, 0.1) is 0 Å². The van der Waals surface area contributed by atoms with Crippen molar-refractivity contribution in [3.63, 3.8) is 0 Å². The molecule has 0 heterocycles. The van der Waals surface area contributed by atoms with Crippen LogP contribution in [0.1, 0.15) is 108 Å². The summed E-state index contributed by atoms with van der Waals surface area (Å²) in [5.41, 5.74) is 2.27. The Balaban J connectivity index is 1.30. The Morgan fingerprint density at radius 2 is 1.50 bits per heavy atom. The maximum atomic E-state index is 15.4. The van der Waals surface area contributed by atoms with Gasteiger partial charge in [0.15, 0.2) is 0 Å². The summed E-state index contributed by atoms with van der Waals surface area (Å²) in [6.07, 6.45) is 21.3. The molecule has 0 saturated heterocycles. The largest absolute Gasteiger partial charge is 0.206 e. The van der Waals surface area contributed by atoms with Gasteiger partial charge in [0.25, 0.3) is 0 Å². The van der Waals surface area contributed by atoms with Gasteiger partial charge in [0, 0.05) is 5.39 Å². The van der Waals surface area contributed by atoms with E-state index < -0.39 is 0 Å². The summed E-state index contributed by atoms with van der Waals surface area (Å²) in [7, 11) is 0. The summed E-state index contributed by atoms with van der Waals surface area (Å²) in [6.45, 7) is 4.41. The van der Waals surface area contributed by atoms with Crippen LogP contribution < -0.4 is 0 Å². The third-order valence-electron chi connectivity index (χ3n) is 8.70. The van der Waals surface area contributed by atoms with Crippen LogP contribution in [0.5, 0.6) is 0 Å². The summed E-state index contributed by atoms with van der Waals surface area (Å²) in [5.74, 6) is 3.31. The molecule has 0 nitrogen and oxygen atoms in total. The topological polar surface area (TPSA) is 0 Å². The van der Waals surface area contributed by atoms with Gasteiger partial charge < -0.3 is 0 Å². The number of rotatable bonds is 8.